The molecule has 1 saturated heterocycles. The standard InChI is InChI=1S/C11H17N3O/c1-14(8-10-3-2-6-15-10)11-7-9(12)4-5-13-11/h4-5,7,10H,2-3,6,8H2,1H3,(H2,12,13). The predicted octanol–water partition coefficient (Wildman–Crippen LogP) is 1.28. The van der Waals surface area contributed by atoms with E-state index in [-0.39, 0.29) is 0 Å². The molecule has 1 aliphatic rings. The number of nitrogens with zero attached hydrogens (tertiary/aromatic N) is 2. The van der Waals surface area contributed by atoms with Crippen molar-refractivity contribution in [3.63, 3.8) is 0 Å². The van der Waals surface area contributed by atoms with Crippen LogP contribution in [0.4, 0.5) is 11.5 Å². The van der Waals surface area contributed by atoms with Gasteiger partial charge >= 0.3 is 0 Å². The molecular weight excluding hydrogens is 190 g/mol. The molecular formula is C11H17N3O. The number of likely N-dealkylation sites (N-methyl/N-ethyl adjacent to an activating group) is 1. The Morgan fingerprint density at radius 2 is 2.53 bits per heavy atom. The minimum atomic E-state index is 0.346. The van der Waals surface area contributed by atoms with Crippen LogP contribution in [0.25, 0.3) is 0 Å². The fourth-order valence-electron chi connectivity index (χ4n) is 1.83. The number of nitrogen functional groups attached to an aromatic ring is 1. The molecule has 1 aromatic rings. The number of aromatic nitrogens is 1. The predicted molar refractivity (Wildman–Crippen MR) is 60.9 cm³/mol. The lowest BCUT2D eigenvalue weighted by Crippen LogP contribution is -2.29. The maximum absolute atomic E-state index is 5.71. The number of ether oxygens (including phenoxy) is 1. The van der Waals surface area contributed by atoms with Gasteiger partial charge in [-0.1, -0.05) is 0 Å². The van der Waals surface area contributed by atoms with Crippen molar-refractivity contribution in [1.82, 2.24) is 4.98 Å². The Kier molecular flexibility index (Phi) is 3.06. The van der Waals surface area contributed by atoms with Crippen molar-refractivity contribution in [3.8, 4) is 0 Å². The number of pyridine rings is 1. The molecule has 1 unspecified atom stereocenters. The van der Waals surface area contributed by atoms with E-state index in [4.69, 9.17) is 10.5 Å². The van der Waals surface area contributed by atoms with Crippen molar-refractivity contribution in [2.24, 2.45) is 0 Å². The van der Waals surface area contributed by atoms with Crippen molar-refractivity contribution in [2.75, 3.05) is 30.8 Å². The molecule has 0 bridgehead atoms. The van der Waals surface area contributed by atoms with E-state index >= 15 is 0 Å². The van der Waals surface area contributed by atoms with Gasteiger partial charge < -0.3 is 15.4 Å². The van der Waals surface area contributed by atoms with Gasteiger partial charge in [0.2, 0.25) is 0 Å². The molecule has 0 radical (unpaired) electrons. The zero-order chi connectivity index (χ0) is 10.7. The van der Waals surface area contributed by atoms with Gasteiger partial charge in [0.25, 0.3) is 0 Å². The summed E-state index contributed by atoms with van der Waals surface area (Å²) in [6, 6.07) is 3.68. The first-order valence-corrected chi connectivity index (χ1v) is 5.30. The Bertz CT molecular complexity index is 323. The minimum absolute atomic E-state index is 0.346. The molecule has 0 aliphatic carbocycles. The zero-order valence-electron chi connectivity index (χ0n) is 9.02. The summed E-state index contributed by atoms with van der Waals surface area (Å²) in [5, 5.41) is 0. The summed E-state index contributed by atoms with van der Waals surface area (Å²) in [7, 11) is 2.02. The van der Waals surface area contributed by atoms with Gasteiger partial charge in [-0.05, 0) is 18.9 Å². The highest BCUT2D eigenvalue weighted by molar-refractivity contribution is 5.49. The fraction of sp³-hybridized carbons (Fsp3) is 0.545. The highest BCUT2D eigenvalue weighted by atomic mass is 16.5. The van der Waals surface area contributed by atoms with Gasteiger partial charge in [-0.2, -0.15) is 0 Å². The van der Waals surface area contributed by atoms with E-state index in [9.17, 15) is 0 Å². The van der Waals surface area contributed by atoms with Crippen LogP contribution in [-0.2, 0) is 4.74 Å². The molecule has 0 saturated carbocycles. The van der Waals surface area contributed by atoms with Crippen LogP contribution in [0.5, 0.6) is 0 Å². The van der Waals surface area contributed by atoms with Crippen LogP contribution in [0.2, 0.25) is 0 Å². The first-order valence-electron chi connectivity index (χ1n) is 5.30. The van der Waals surface area contributed by atoms with Crippen LogP contribution in [0.3, 0.4) is 0 Å². The molecule has 2 heterocycles. The van der Waals surface area contributed by atoms with Crippen LogP contribution < -0.4 is 10.6 Å². The molecule has 4 nitrogen and oxygen atoms in total. The molecule has 4 heteroatoms. The number of rotatable bonds is 3. The number of hydrogen-bond donors (Lipinski definition) is 1. The molecule has 15 heavy (non-hydrogen) atoms. The largest absolute Gasteiger partial charge is 0.399 e. The Hall–Kier alpha value is -1.29. The van der Waals surface area contributed by atoms with E-state index in [0.717, 1.165) is 31.1 Å². The molecule has 82 valence electrons. The lowest BCUT2D eigenvalue weighted by molar-refractivity contribution is 0.116. The molecule has 1 aromatic heterocycles. The van der Waals surface area contributed by atoms with E-state index in [1.807, 2.05) is 13.1 Å². The summed E-state index contributed by atoms with van der Waals surface area (Å²) < 4.78 is 5.57. The van der Waals surface area contributed by atoms with Gasteiger partial charge in [0.05, 0.1) is 6.10 Å². The lowest BCUT2D eigenvalue weighted by Gasteiger charge is -2.21. The van der Waals surface area contributed by atoms with Crippen LogP contribution >= 0.6 is 0 Å². The summed E-state index contributed by atoms with van der Waals surface area (Å²) >= 11 is 0. The quantitative estimate of drug-likeness (QED) is 0.811. The molecule has 0 aromatic carbocycles. The van der Waals surface area contributed by atoms with Gasteiger partial charge in [0, 0.05) is 38.1 Å². The molecule has 1 aliphatic heterocycles. The summed E-state index contributed by atoms with van der Waals surface area (Å²) in [5.41, 5.74) is 6.46. The first-order chi connectivity index (χ1) is 7.25. The average Bonchev–Trinajstić information content (AvgIpc) is 2.70. The highest BCUT2D eigenvalue weighted by Gasteiger charge is 2.17. The summed E-state index contributed by atoms with van der Waals surface area (Å²) in [5.74, 6) is 0.908. The Balaban J connectivity index is 1.97. The van der Waals surface area contributed by atoms with Crippen LogP contribution in [0.15, 0.2) is 18.3 Å². The number of hydrogen-bond acceptors (Lipinski definition) is 4. The monoisotopic (exact) mass is 207 g/mol. The molecule has 0 amide bonds. The Morgan fingerprint density at radius 3 is 3.20 bits per heavy atom. The topological polar surface area (TPSA) is 51.4 Å². The van der Waals surface area contributed by atoms with Gasteiger partial charge in [-0.3, -0.25) is 0 Å². The third kappa shape index (κ3) is 2.59. The maximum Gasteiger partial charge on any atom is 0.130 e. The SMILES string of the molecule is CN(CC1CCCO1)c1cc(N)ccn1. The molecule has 1 fully saturated rings. The third-order valence-electron chi connectivity index (χ3n) is 2.66. The van der Waals surface area contributed by atoms with Gasteiger partial charge in [0.1, 0.15) is 5.82 Å². The lowest BCUT2D eigenvalue weighted by atomic mass is 10.2. The van der Waals surface area contributed by atoms with Gasteiger partial charge in [0.15, 0.2) is 0 Å². The molecule has 2 rings (SSSR count). The van der Waals surface area contributed by atoms with E-state index < -0.39 is 0 Å². The average molecular weight is 207 g/mol. The highest BCUT2D eigenvalue weighted by Crippen LogP contribution is 2.17. The first kappa shape index (κ1) is 10.2. The second kappa shape index (κ2) is 4.49. The second-order valence-corrected chi connectivity index (χ2v) is 3.96. The minimum Gasteiger partial charge on any atom is -0.399 e. The van der Waals surface area contributed by atoms with Crippen molar-refractivity contribution >= 4 is 11.5 Å². The van der Waals surface area contributed by atoms with Crippen molar-refractivity contribution in [3.05, 3.63) is 18.3 Å². The zero-order valence-corrected chi connectivity index (χ0v) is 9.02. The summed E-state index contributed by atoms with van der Waals surface area (Å²) in [6.45, 7) is 1.78. The summed E-state index contributed by atoms with van der Waals surface area (Å²) in [6.07, 6.45) is 4.39. The van der Waals surface area contributed by atoms with Crippen molar-refractivity contribution < 1.29 is 4.74 Å². The molecule has 1 atom stereocenters. The normalized spacial score (nSPS) is 20.5. The number of anilines is 2. The Labute approximate surface area is 90.0 Å². The smallest absolute Gasteiger partial charge is 0.130 e. The maximum atomic E-state index is 5.71. The van der Waals surface area contributed by atoms with E-state index in [0.29, 0.717) is 6.10 Å². The van der Waals surface area contributed by atoms with Gasteiger partial charge in [-0.25, -0.2) is 4.98 Å². The summed E-state index contributed by atoms with van der Waals surface area (Å²) in [4.78, 5) is 6.36. The third-order valence-corrected chi connectivity index (χ3v) is 2.66. The van der Waals surface area contributed by atoms with Crippen molar-refractivity contribution in [2.45, 2.75) is 18.9 Å². The second-order valence-electron chi connectivity index (χ2n) is 3.96. The van der Waals surface area contributed by atoms with Crippen LogP contribution in [0.1, 0.15) is 12.8 Å². The Morgan fingerprint density at radius 1 is 1.67 bits per heavy atom. The van der Waals surface area contributed by atoms with Crippen LogP contribution in [-0.4, -0.2) is 31.3 Å². The van der Waals surface area contributed by atoms with Crippen LogP contribution in [0, 0.1) is 0 Å². The molecule has 0 spiro atoms. The van der Waals surface area contributed by atoms with Crippen molar-refractivity contribution in [1.29, 1.82) is 0 Å². The molecule has 2 N–H and O–H groups in total. The van der Waals surface area contributed by atoms with E-state index in [1.54, 1.807) is 12.3 Å². The van der Waals surface area contributed by atoms with E-state index in [1.165, 1.54) is 6.42 Å². The van der Waals surface area contributed by atoms with E-state index in [2.05, 4.69) is 9.88 Å². The number of nitrogens with two attached hydrogens (primary N) is 1. The fourth-order valence-corrected chi connectivity index (χ4v) is 1.83. The van der Waals surface area contributed by atoms with Gasteiger partial charge in [-0.15, -0.1) is 0 Å².